The molecule has 0 radical (unpaired) electrons. The number of carbonyl (C=O) groups excluding carboxylic acids is 1. The molecule has 0 unspecified atom stereocenters. The second-order valence-electron chi connectivity index (χ2n) is 7.24. The fourth-order valence-electron chi connectivity index (χ4n) is 2.85. The molecule has 4 heteroatoms. The summed E-state index contributed by atoms with van der Waals surface area (Å²) in [4.78, 5) is 25.7. The van der Waals surface area contributed by atoms with Gasteiger partial charge in [0, 0.05) is 19.0 Å². The number of carboxylic acid groups (broad SMARTS) is 1. The van der Waals surface area contributed by atoms with Gasteiger partial charge in [-0.15, -0.1) is 0 Å². The zero-order valence-corrected chi connectivity index (χ0v) is 14.0. The molecule has 1 aliphatic carbocycles. The molecule has 0 heterocycles. The van der Waals surface area contributed by atoms with Crippen LogP contribution in [0.15, 0.2) is 0 Å². The van der Waals surface area contributed by atoms with Crippen molar-refractivity contribution < 1.29 is 14.7 Å². The molecule has 1 rings (SSSR count). The fourth-order valence-corrected chi connectivity index (χ4v) is 2.85. The Bertz CT molecular complexity index is 340. The number of amides is 1. The molecule has 0 spiro atoms. The van der Waals surface area contributed by atoms with Crippen LogP contribution in [0.4, 0.5) is 0 Å². The maximum atomic E-state index is 12.7. The van der Waals surface area contributed by atoms with Gasteiger partial charge in [0.2, 0.25) is 5.91 Å². The summed E-state index contributed by atoms with van der Waals surface area (Å²) in [6, 6.07) is 0. The minimum Gasteiger partial charge on any atom is -0.481 e. The van der Waals surface area contributed by atoms with Gasteiger partial charge in [0.25, 0.3) is 0 Å². The smallest absolute Gasteiger partial charge is 0.306 e. The molecule has 0 aromatic rings. The highest BCUT2D eigenvalue weighted by molar-refractivity contribution is 5.81. The monoisotopic (exact) mass is 297 g/mol. The first kappa shape index (κ1) is 18.0. The molecule has 0 aromatic heterocycles. The first-order valence-electron chi connectivity index (χ1n) is 8.32. The third-order valence-electron chi connectivity index (χ3n) is 4.40. The molecule has 1 saturated carbocycles. The van der Waals surface area contributed by atoms with E-state index in [-0.39, 0.29) is 17.7 Å². The lowest BCUT2D eigenvalue weighted by molar-refractivity contribution is -0.141. The lowest BCUT2D eigenvalue weighted by atomic mass is 10.0. The Morgan fingerprint density at radius 2 is 1.48 bits per heavy atom. The Morgan fingerprint density at radius 1 is 1.00 bits per heavy atom. The van der Waals surface area contributed by atoms with E-state index in [1.165, 1.54) is 0 Å². The van der Waals surface area contributed by atoms with E-state index in [1.54, 1.807) is 0 Å². The summed E-state index contributed by atoms with van der Waals surface area (Å²) in [6.07, 6.45) is 3.93. The van der Waals surface area contributed by atoms with E-state index in [4.69, 9.17) is 5.11 Å². The van der Waals surface area contributed by atoms with Gasteiger partial charge >= 0.3 is 5.97 Å². The van der Waals surface area contributed by atoms with Gasteiger partial charge in [-0.3, -0.25) is 9.59 Å². The average molecular weight is 297 g/mol. The van der Waals surface area contributed by atoms with Crippen LogP contribution < -0.4 is 0 Å². The first-order chi connectivity index (χ1) is 9.81. The van der Waals surface area contributed by atoms with Gasteiger partial charge in [-0.25, -0.2) is 0 Å². The van der Waals surface area contributed by atoms with Gasteiger partial charge in [0.05, 0.1) is 5.92 Å². The standard InChI is InChI=1S/C17H31NO3/c1-12(2)7-9-18(10-8-13(3)4)16(19)14-5-6-15(11-14)17(20)21/h12-15H,5-11H2,1-4H3,(H,20,21)/t14-,15+/m1/s1. The molecule has 1 aliphatic rings. The molecule has 0 bridgehead atoms. The highest BCUT2D eigenvalue weighted by Gasteiger charge is 2.35. The molecule has 122 valence electrons. The molecule has 2 atom stereocenters. The quantitative estimate of drug-likeness (QED) is 0.747. The van der Waals surface area contributed by atoms with Gasteiger partial charge in [-0.2, -0.15) is 0 Å². The lowest BCUT2D eigenvalue weighted by Crippen LogP contribution is -2.38. The summed E-state index contributed by atoms with van der Waals surface area (Å²) in [5.74, 6) is 0.187. The molecule has 0 aliphatic heterocycles. The Balaban J connectivity index is 2.59. The molecule has 0 aromatic carbocycles. The number of hydrogen-bond donors (Lipinski definition) is 1. The number of rotatable bonds is 8. The Kier molecular flexibility index (Phi) is 7.20. The van der Waals surface area contributed by atoms with Crippen LogP contribution in [0.3, 0.4) is 0 Å². The number of carbonyl (C=O) groups is 2. The van der Waals surface area contributed by atoms with Crippen molar-refractivity contribution in [1.29, 1.82) is 0 Å². The molecule has 1 N–H and O–H groups in total. The summed E-state index contributed by atoms with van der Waals surface area (Å²) >= 11 is 0. The lowest BCUT2D eigenvalue weighted by Gasteiger charge is -2.27. The molecule has 1 fully saturated rings. The van der Waals surface area contributed by atoms with Gasteiger partial charge in [-0.05, 0) is 43.9 Å². The van der Waals surface area contributed by atoms with E-state index in [1.807, 2.05) is 4.90 Å². The van der Waals surface area contributed by atoms with Crippen molar-refractivity contribution in [2.24, 2.45) is 23.7 Å². The van der Waals surface area contributed by atoms with E-state index < -0.39 is 5.97 Å². The van der Waals surface area contributed by atoms with Crippen molar-refractivity contribution in [3.05, 3.63) is 0 Å². The number of carboxylic acids is 1. The van der Waals surface area contributed by atoms with Gasteiger partial charge in [0.15, 0.2) is 0 Å². The van der Waals surface area contributed by atoms with Gasteiger partial charge in [-0.1, -0.05) is 27.7 Å². The summed E-state index contributed by atoms with van der Waals surface area (Å²) < 4.78 is 0. The molecular weight excluding hydrogens is 266 g/mol. The van der Waals surface area contributed by atoms with Crippen molar-refractivity contribution in [3.8, 4) is 0 Å². The van der Waals surface area contributed by atoms with Crippen molar-refractivity contribution in [2.45, 2.75) is 59.8 Å². The Hall–Kier alpha value is -1.06. The number of hydrogen-bond acceptors (Lipinski definition) is 2. The summed E-state index contributed by atoms with van der Waals surface area (Å²) in [5, 5.41) is 9.08. The van der Waals surface area contributed by atoms with Gasteiger partial charge < -0.3 is 10.0 Å². The zero-order valence-electron chi connectivity index (χ0n) is 14.0. The largest absolute Gasteiger partial charge is 0.481 e. The minimum atomic E-state index is -0.749. The predicted molar refractivity (Wildman–Crippen MR) is 84.0 cm³/mol. The molecular formula is C17H31NO3. The Morgan fingerprint density at radius 3 is 1.86 bits per heavy atom. The normalized spacial score (nSPS) is 22.0. The molecule has 21 heavy (non-hydrogen) atoms. The third kappa shape index (κ3) is 6.06. The van der Waals surface area contributed by atoms with Crippen molar-refractivity contribution in [3.63, 3.8) is 0 Å². The summed E-state index contributed by atoms with van der Waals surface area (Å²) in [5.41, 5.74) is 0. The van der Waals surface area contributed by atoms with Crippen LogP contribution in [0, 0.1) is 23.7 Å². The second kappa shape index (κ2) is 8.40. The summed E-state index contributed by atoms with van der Waals surface area (Å²) in [7, 11) is 0. The zero-order chi connectivity index (χ0) is 16.0. The van der Waals surface area contributed by atoms with Crippen molar-refractivity contribution in [2.75, 3.05) is 13.1 Å². The molecule has 4 nitrogen and oxygen atoms in total. The molecule has 0 saturated heterocycles. The maximum absolute atomic E-state index is 12.7. The van der Waals surface area contributed by atoms with Crippen molar-refractivity contribution in [1.82, 2.24) is 4.90 Å². The van der Waals surface area contributed by atoms with Crippen LogP contribution in [0.5, 0.6) is 0 Å². The van der Waals surface area contributed by atoms with Crippen LogP contribution in [-0.4, -0.2) is 35.0 Å². The topological polar surface area (TPSA) is 57.6 Å². The van der Waals surface area contributed by atoms with Crippen LogP contribution in [-0.2, 0) is 9.59 Å². The Labute approximate surface area is 128 Å². The highest BCUT2D eigenvalue weighted by Crippen LogP contribution is 2.32. The van der Waals surface area contributed by atoms with Crippen LogP contribution in [0.25, 0.3) is 0 Å². The van der Waals surface area contributed by atoms with Crippen LogP contribution >= 0.6 is 0 Å². The third-order valence-corrected chi connectivity index (χ3v) is 4.40. The number of nitrogens with zero attached hydrogens (tertiary/aromatic N) is 1. The van der Waals surface area contributed by atoms with E-state index >= 15 is 0 Å². The second-order valence-corrected chi connectivity index (χ2v) is 7.24. The van der Waals surface area contributed by atoms with Gasteiger partial charge in [0.1, 0.15) is 0 Å². The van der Waals surface area contributed by atoms with E-state index in [0.717, 1.165) is 32.4 Å². The maximum Gasteiger partial charge on any atom is 0.306 e. The molecule has 1 amide bonds. The average Bonchev–Trinajstić information content (AvgIpc) is 2.87. The summed E-state index contributed by atoms with van der Waals surface area (Å²) in [6.45, 7) is 10.3. The van der Waals surface area contributed by atoms with E-state index in [0.29, 0.717) is 24.7 Å². The fraction of sp³-hybridized carbons (Fsp3) is 0.882. The van der Waals surface area contributed by atoms with Crippen molar-refractivity contribution >= 4 is 11.9 Å². The first-order valence-corrected chi connectivity index (χ1v) is 8.32. The van der Waals surface area contributed by atoms with E-state index in [2.05, 4.69) is 27.7 Å². The number of aliphatic carboxylic acids is 1. The minimum absolute atomic E-state index is 0.0783. The highest BCUT2D eigenvalue weighted by atomic mass is 16.4. The van der Waals surface area contributed by atoms with Crippen LogP contribution in [0.1, 0.15) is 59.8 Å². The predicted octanol–water partition coefficient (Wildman–Crippen LogP) is 3.41. The van der Waals surface area contributed by atoms with Crippen LogP contribution in [0.2, 0.25) is 0 Å². The SMILES string of the molecule is CC(C)CCN(CCC(C)C)C(=O)[C@@H]1CC[C@H](C(=O)O)C1. The van der Waals surface area contributed by atoms with E-state index in [9.17, 15) is 9.59 Å².